The van der Waals surface area contributed by atoms with Gasteiger partial charge in [0.05, 0.1) is 0 Å². The van der Waals surface area contributed by atoms with E-state index in [0.29, 0.717) is 0 Å². The monoisotopic (exact) mass is 768 g/mol. The minimum atomic E-state index is -0.239. The Morgan fingerprint density at radius 1 is 0.300 bits per heavy atom. The Balaban J connectivity index is 0.993. The van der Waals surface area contributed by atoms with Crippen LogP contribution in [0.5, 0.6) is 0 Å². The lowest BCUT2D eigenvalue weighted by atomic mass is 9.79. The molecule has 0 atom stereocenters. The number of furan rings is 1. The molecule has 1 nitrogen and oxygen atoms in total. The van der Waals surface area contributed by atoms with Crippen molar-refractivity contribution in [3.05, 3.63) is 191 Å². The number of rotatable bonds is 2. The average molecular weight is 769 g/mol. The maximum absolute atomic E-state index is 6.84. The van der Waals surface area contributed by atoms with Gasteiger partial charge in [0.2, 0.25) is 0 Å². The summed E-state index contributed by atoms with van der Waals surface area (Å²) in [7, 11) is 0. The summed E-state index contributed by atoms with van der Waals surface area (Å²) in [5.74, 6) is 0. The van der Waals surface area contributed by atoms with Crippen molar-refractivity contribution in [3.63, 3.8) is 0 Å². The Kier molecular flexibility index (Phi) is 6.45. The maximum Gasteiger partial charge on any atom is 0.136 e. The summed E-state index contributed by atoms with van der Waals surface area (Å²) in [5.41, 5.74) is 22.9. The van der Waals surface area contributed by atoms with Crippen molar-refractivity contribution in [2.24, 2.45) is 0 Å². The largest absolute Gasteiger partial charge is 0.456 e. The molecule has 286 valence electrons. The number of hydrogen-bond donors (Lipinski definition) is 0. The van der Waals surface area contributed by atoms with Crippen LogP contribution in [0.25, 0.3) is 99.1 Å². The Labute approximate surface area is 351 Å². The Morgan fingerprint density at radius 2 is 0.817 bits per heavy atom. The fourth-order valence-corrected chi connectivity index (χ4v) is 11.8. The molecule has 10 aromatic rings. The van der Waals surface area contributed by atoms with Crippen LogP contribution in [0.15, 0.2) is 162 Å². The fraction of sp³-hybridized carbons (Fsp3) is 0.153. The molecule has 0 saturated carbocycles. The zero-order chi connectivity index (χ0) is 40.4. The van der Waals surface area contributed by atoms with Gasteiger partial charge in [0.25, 0.3) is 0 Å². The fourth-order valence-electron chi connectivity index (χ4n) is 11.8. The Hall–Kier alpha value is -6.70. The van der Waals surface area contributed by atoms with E-state index < -0.39 is 0 Å². The van der Waals surface area contributed by atoms with Crippen molar-refractivity contribution < 1.29 is 4.42 Å². The van der Waals surface area contributed by atoms with Gasteiger partial charge in [-0.15, -0.1) is 0 Å². The SMILES string of the molecule is CC1(C)c2ccccc2-c2cc(-c3ccc4c(c3)oc3cc5c(cc34)-c3c(cc(-c4ccc6c(c4)-c4ccccc4C6(C)C)c4cc6ccccc6cc34)C5(C)C)ccc21. The zero-order valence-electron chi connectivity index (χ0n) is 34.9. The lowest BCUT2D eigenvalue weighted by Gasteiger charge is -2.24. The van der Waals surface area contributed by atoms with E-state index in [-0.39, 0.29) is 16.2 Å². The molecule has 0 aliphatic heterocycles. The topological polar surface area (TPSA) is 13.1 Å². The molecule has 0 bridgehead atoms. The molecule has 0 unspecified atom stereocenters. The molecule has 0 saturated heterocycles. The summed E-state index contributed by atoms with van der Waals surface area (Å²) in [6.45, 7) is 14.2. The first kappa shape index (κ1) is 34.2. The summed E-state index contributed by atoms with van der Waals surface area (Å²) in [6, 6.07) is 59.9. The Morgan fingerprint density at radius 3 is 1.50 bits per heavy atom. The highest BCUT2D eigenvalue weighted by molar-refractivity contribution is 6.16. The molecule has 13 rings (SSSR count). The molecule has 0 amide bonds. The highest BCUT2D eigenvalue weighted by Gasteiger charge is 2.40. The smallest absolute Gasteiger partial charge is 0.136 e. The average Bonchev–Trinajstić information content (AvgIpc) is 3.89. The van der Waals surface area contributed by atoms with E-state index in [4.69, 9.17) is 4.42 Å². The highest BCUT2D eigenvalue weighted by Crippen LogP contribution is 2.57. The zero-order valence-corrected chi connectivity index (χ0v) is 34.9. The van der Waals surface area contributed by atoms with Crippen LogP contribution in [0.2, 0.25) is 0 Å². The van der Waals surface area contributed by atoms with E-state index in [0.717, 1.165) is 16.6 Å². The van der Waals surface area contributed by atoms with Crippen LogP contribution in [0.4, 0.5) is 0 Å². The second kappa shape index (κ2) is 11.3. The second-order valence-corrected chi connectivity index (χ2v) is 19.3. The van der Waals surface area contributed by atoms with Crippen LogP contribution in [-0.4, -0.2) is 0 Å². The summed E-state index contributed by atoms with van der Waals surface area (Å²) in [6.07, 6.45) is 0. The van der Waals surface area contributed by atoms with Crippen molar-refractivity contribution in [3.8, 4) is 55.6 Å². The van der Waals surface area contributed by atoms with Crippen molar-refractivity contribution in [1.29, 1.82) is 0 Å². The van der Waals surface area contributed by atoms with Crippen molar-refractivity contribution in [2.45, 2.75) is 57.8 Å². The van der Waals surface area contributed by atoms with Gasteiger partial charge in [-0.1, -0.05) is 145 Å². The molecule has 1 heteroatoms. The third kappa shape index (κ3) is 4.32. The van der Waals surface area contributed by atoms with Crippen molar-refractivity contribution >= 4 is 43.5 Å². The van der Waals surface area contributed by atoms with Crippen LogP contribution >= 0.6 is 0 Å². The molecule has 60 heavy (non-hydrogen) atoms. The molecular formula is C59H44O. The van der Waals surface area contributed by atoms with Gasteiger partial charge < -0.3 is 4.42 Å². The lowest BCUT2D eigenvalue weighted by molar-refractivity contribution is 0.648. The first-order valence-corrected chi connectivity index (χ1v) is 21.5. The van der Waals surface area contributed by atoms with Crippen molar-refractivity contribution in [2.75, 3.05) is 0 Å². The summed E-state index contributed by atoms with van der Waals surface area (Å²) < 4.78 is 6.84. The van der Waals surface area contributed by atoms with Gasteiger partial charge >= 0.3 is 0 Å². The summed E-state index contributed by atoms with van der Waals surface area (Å²) in [5, 5.41) is 7.46. The second-order valence-electron chi connectivity index (χ2n) is 19.3. The molecule has 0 N–H and O–H groups in total. The van der Waals surface area contributed by atoms with Crippen molar-refractivity contribution in [1.82, 2.24) is 0 Å². The van der Waals surface area contributed by atoms with Crippen LogP contribution in [0, 0.1) is 0 Å². The van der Waals surface area contributed by atoms with Gasteiger partial charge in [0.15, 0.2) is 0 Å². The molecule has 0 spiro atoms. The Bertz CT molecular complexity index is 3570. The summed E-state index contributed by atoms with van der Waals surface area (Å²) >= 11 is 0. The van der Waals surface area contributed by atoms with E-state index in [9.17, 15) is 0 Å². The predicted octanol–water partition coefficient (Wildman–Crippen LogP) is 16.1. The summed E-state index contributed by atoms with van der Waals surface area (Å²) in [4.78, 5) is 0. The first-order valence-electron chi connectivity index (χ1n) is 21.5. The normalized spacial score (nSPS) is 15.9. The maximum atomic E-state index is 6.84. The molecule has 3 aliphatic carbocycles. The molecule has 0 fully saturated rings. The van der Waals surface area contributed by atoms with Gasteiger partial charge in [-0.2, -0.15) is 0 Å². The number of benzene rings is 9. The van der Waals surface area contributed by atoms with E-state index in [1.165, 1.54) is 116 Å². The third-order valence-corrected chi connectivity index (χ3v) is 15.0. The molecule has 1 heterocycles. The first-order chi connectivity index (χ1) is 29.0. The van der Waals surface area contributed by atoms with Gasteiger partial charge in [0, 0.05) is 27.0 Å². The number of fused-ring (bicyclic) bond motifs is 15. The molecular weight excluding hydrogens is 725 g/mol. The molecule has 0 radical (unpaired) electrons. The highest BCUT2D eigenvalue weighted by atomic mass is 16.3. The third-order valence-electron chi connectivity index (χ3n) is 15.0. The van der Waals surface area contributed by atoms with Gasteiger partial charge in [-0.25, -0.2) is 0 Å². The number of hydrogen-bond acceptors (Lipinski definition) is 1. The van der Waals surface area contributed by atoms with E-state index >= 15 is 0 Å². The van der Waals surface area contributed by atoms with Gasteiger partial charge in [-0.3, -0.25) is 0 Å². The van der Waals surface area contributed by atoms with Gasteiger partial charge in [-0.05, 0) is 165 Å². The van der Waals surface area contributed by atoms with Crippen LogP contribution in [0.1, 0.15) is 74.9 Å². The molecule has 3 aliphatic rings. The van der Waals surface area contributed by atoms with Gasteiger partial charge in [0.1, 0.15) is 11.2 Å². The molecule has 1 aromatic heterocycles. The molecule has 9 aromatic carbocycles. The lowest BCUT2D eigenvalue weighted by Crippen LogP contribution is -2.15. The van der Waals surface area contributed by atoms with Crippen LogP contribution < -0.4 is 0 Å². The predicted molar refractivity (Wildman–Crippen MR) is 252 cm³/mol. The van der Waals surface area contributed by atoms with E-state index in [1.54, 1.807) is 0 Å². The van der Waals surface area contributed by atoms with Crippen LogP contribution in [0.3, 0.4) is 0 Å². The minimum Gasteiger partial charge on any atom is -0.456 e. The quantitative estimate of drug-likeness (QED) is 0.160. The van der Waals surface area contributed by atoms with Crippen LogP contribution in [-0.2, 0) is 16.2 Å². The van der Waals surface area contributed by atoms with E-state index in [2.05, 4.69) is 199 Å². The minimum absolute atomic E-state index is 0.00808. The standard InChI is InChI=1S/C59H44O/c1-57(2)48-17-11-9-15-38(48)43-26-35(20-23-50(43)57)36-19-22-40-45-30-47-52(32-55(45)60-54(40)29-36)59(5,6)53-31-41(42-25-33-13-7-8-14-34(33)27-46(42)56(47)53)37-21-24-51-44(28-37)39-16-10-12-18-49(39)58(51,3)4/h7-32H,1-6H3. The van der Waals surface area contributed by atoms with E-state index in [1.807, 2.05) is 0 Å².